The summed E-state index contributed by atoms with van der Waals surface area (Å²) >= 11 is 6.38. The van der Waals surface area contributed by atoms with E-state index >= 15 is 0 Å². The van der Waals surface area contributed by atoms with Crippen LogP contribution in [0.4, 0.5) is 20.4 Å². The summed E-state index contributed by atoms with van der Waals surface area (Å²) in [5, 5.41) is 2.79. The van der Waals surface area contributed by atoms with Gasteiger partial charge in [-0.2, -0.15) is 0 Å². The molecular weight excluding hydrogens is 446 g/mol. The molecule has 1 aromatic heterocycles. The van der Waals surface area contributed by atoms with Crippen molar-refractivity contribution in [1.29, 1.82) is 0 Å². The number of carbonyl (C=O) groups excluding carboxylic acids is 1. The maximum absolute atomic E-state index is 14.7. The van der Waals surface area contributed by atoms with E-state index < -0.39 is 11.6 Å². The molecule has 0 saturated carbocycles. The largest absolute Gasteiger partial charge is 0.324 e. The van der Waals surface area contributed by atoms with E-state index in [1.54, 1.807) is 30.5 Å². The maximum atomic E-state index is 14.7. The van der Waals surface area contributed by atoms with Crippen molar-refractivity contribution in [3.63, 3.8) is 0 Å². The van der Waals surface area contributed by atoms with Crippen molar-refractivity contribution in [1.82, 2.24) is 9.97 Å². The van der Waals surface area contributed by atoms with Crippen LogP contribution in [0.2, 0.25) is 0 Å². The Bertz CT molecular complexity index is 1330. The molecule has 164 valence electrons. The second-order valence-electron chi connectivity index (χ2n) is 7.67. The van der Waals surface area contributed by atoms with Crippen molar-refractivity contribution in [3.8, 4) is 0 Å². The number of anilines is 2. The molecule has 0 radical (unpaired) electrons. The Morgan fingerprint density at radius 1 is 1.09 bits per heavy atom. The Kier molecular flexibility index (Phi) is 5.56. The summed E-state index contributed by atoms with van der Waals surface area (Å²) in [5.74, 6) is -1.01. The zero-order valence-corrected chi connectivity index (χ0v) is 18.0. The molecule has 0 bridgehead atoms. The number of fused-ring (bicyclic) bond motifs is 2. The first-order valence-electron chi connectivity index (χ1n) is 10.3. The zero-order valence-electron chi connectivity index (χ0n) is 17.2. The average Bonchev–Trinajstić information content (AvgIpc) is 2.96. The fourth-order valence-corrected chi connectivity index (χ4v) is 4.15. The summed E-state index contributed by atoms with van der Waals surface area (Å²) < 4.78 is 29.3. The van der Waals surface area contributed by atoms with Gasteiger partial charge < -0.3 is 5.32 Å². The van der Waals surface area contributed by atoms with Crippen LogP contribution in [0.1, 0.15) is 33.6 Å². The molecule has 0 fully saturated rings. The first kappa shape index (κ1) is 21.2. The number of aliphatic imine (C=N–C) groups is 1. The molecule has 1 N–H and O–H groups in total. The van der Waals surface area contributed by atoms with Crippen molar-refractivity contribution < 1.29 is 13.6 Å². The fraction of sp³-hybridized carbons (Fsp3) is 0.120. The van der Waals surface area contributed by atoms with Gasteiger partial charge in [-0.3, -0.25) is 9.79 Å². The third-order valence-electron chi connectivity index (χ3n) is 5.51. The highest BCUT2D eigenvalue weighted by Crippen LogP contribution is 2.36. The quantitative estimate of drug-likeness (QED) is 0.403. The van der Waals surface area contributed by atoms with Crippen LogP contribution in [0.5, 0.6) is 0 Å². The second kappa shape index (κ2) is 8.67. The van der Waals surface area contributed by atoms with Crippen LogP contribution in [0, 0.1) is 11.6 Å². The van der Waals surface area contributed by atoms with E-state index in [9.17, 15) is 13.6 Å². The van der Waals surface area contributed by atoms with Crippen LogP contribution in [-0.4, -0.2) is 27.3 Å². The maximum Gasteiger partial charge on any atom is 0.227 e. The van der Waals surface area contributed by atoms with Crippen molar-refractivity contribution >= 4 is 40.8 Å². The van der Waals surface area contributed by atoms with Crippen LogP contribution >= 0.6 is 11.6 Å². The number of aromatic nitrogens is 2. The van der Waals surface area contributed by atoms with E-state index in [2.05, 4.69) is 20.3 Å². The predicted octanol–water partition coefficient (Wildman–Crippen LogP) is 5.63. The van der Waals surface area contributed by atoms with Gasteiger partial charge in [0, 0.05) is 28.6 Å². The van der Waals surface area contributed by atoms with Crippen LogP contribution in [0.15, 0.2) is 71.4 Å². The van der Waals surface area contributed by atoms with E-state index in [1.165, 1.54) is 18.2 Å². The Morgan fingerprint density at radius 3 is 2.58 bits per heavy atom. The van der Waals surface area contributed by atoms with Gasteiger partial charge in [-0.05, 0) is 48.4 Å². The van der Waals surface area contributed by atoms with E-state index in [4.69, 9.17) is 11.6 Å². The Labute approximate surface area is 193 Å². The average molecular weight is 463 g/mol. The van der Waals surface area contributed by atoms with Gasteiger partial charge in [0.25, 0.3) is 0 Å². The van der Waals surface area contributed by atoms with Crippen LogP contribution in [0.3, 0.4) is 0 Å². The molecule has 1 unspecified atom stereocenters. The minimum atomic E-state index is -0.681. The van der Waals surface area contributed by atoms with Crippen LogP contribution in [-0.2, 0) is 6.54 Å². The number of aldehydes is 1. The summed E-state index contributed by atoms with van der Waals surface area (Å²) in [6.45, 7) is 0.167. The van der Waals surface area contributed by atoms with Gasteiger partial charge in [-0.25, -0.2) is 18.7 Å². The summed E-state index contributed by atoms with van der Waals surface area (Å²) in [4.78, 5) is 24.5. The standard InChI is InChI=1S/C25H17ClF2N4O/c26-16-6-9-18-19(10-16)24(22-20(27)2-1-3-21(22)28)29-11-15-12-30-25(32-23(15)18)31-17-7-4-14(13-33)5-8-17/h1-9,12-13,16H,10-11H2,(H,30,31,32). The number of nitrogens with one attached hydrogen (secondary N) is 1. The number of allylic oxidation sites excluding steroid dienone is 4. The van der Waals surface area contributed by atoms with E-state index in [0.29, 0.717) is 40.5 Å². The minimum absolute atomic E-state index is 0.167. The Morgan fingerprint density at radius 2 is 1.85 bits per heavy atom. The molecule has 1 aliphatic carbocycles. The first-order valence-corrected chi connectivity index (χ1v) is 10.7. The number of hydrogen-bond donors (Lipinski definition) is 1. The third-order valence-corrected chi connectivity index (χ3v) is 5.81. The number of rotatable bonds is 4. The van der Waals surface area contributed by atoms with Gasteiger partial charge in [0.15, 0.2) is 0 Å². The molecule has 1 aliphatic heterocycles. The van der Waals surface area contributed by atoms with Gasteiger partial charge in [0.05, 0.1) is 28.9 Å². The molecule has 2 heterocycles. The highest BCUT2D eigenvalue weighted by molar-refractivity contribution is 6.25. The molecule has 3 aromatic rings. The molecule has 5 rings (SSSR count). The van der Waals surface area contributed by atoms with E-state index in [1.807, 2.05) is 12.2 Å². The number of alkyl halides is 1. The SMILES string of the molecule is O=Cc1ccc(Nc2ncc3c(n2)C2=C(CC(Cl)C=C2)C(c2c(F)cccc2F)=NC3)cc1. The summed E-state index contributed by atoms with van der Waals surface area (Å²) in [5.41, 5.74) is 4.06. The topological polar surface area (TPSA) is 67.2 Å². The van der Waals surface area contributed by atoms with Gasteiger partial charge in [0.2, 0.25) is 5.95 Å². The van der Waals surface area contributed by atoms with Crippen molar-refractivity contribution in [2.75, 3.05) is 5.32 Å². The van der Waals surface area contributed by atoms with E-state index in [-0.39, 0.29) is 23.2 Å². The third kappa shape index (κ3) is 4.07. The Hall–Kier alpha value is -3.71. The summed E-state index contributed by atoms with van der Waals surface area (Å²) in [6, 6.07) is 10.6. The normalized spacial score (nSPS) is 17.1. The Balaban J connectivity index is 1.60. The second-order valence-corrected chi connectivity index (χ2v) is 8.23. The lowest BCUT2D eigenvalue weighted by Gasteiger charge is -2.20. The molecule has 5 nitrogen and oxygen atoms in total. The van der Waals surface area contributed by atoms with Crippen molar-refractivity contribution in [2.45, 2.75) is 18.3 Å². The molecule has 0 saturated heterocycles. The lowest BCUT2D eigenvalue weighted by Crippen LogP contribution is -2.16. The zero-order chi connectivity index (χ0) is 22.9. The molecule has 33 heavy (non-hydrogen) atoms. The van der Waals surface area contributed by atoms with E-state index in [0.717, 1.165) is 11.8 Å². The van der Waals surface area contributed by atoms with Gasteiger partial charge in [-0.15, -0.1) is 11.6 Å². The number of carbonyl (C=O) groups is 1. The first-order chi connectivity index (χ1) is 16.0. The molecular formula is C25H17ClF2N4O. The highest BCUT2D eigenvalue weighted by Gasteiger charge is 2.29. The van der Waals surface area contributed by atoms with Crippen LogP contribution in [0.25, 0.3) is 5.57 Å². The minimum Gasteiger partial charge on any atom is -0.324 e. The molecule has 0 amide bonds. The lowest BCUT2D eigenvalue weighted by atomic mass is 9.88. The van der Waals surface area contributed by atoms with Crippen LogP contribution < -0.4 is 5.32 Å². The summed E-state index contributed by atoms with van der Waals surface area (Å²) in [6.07, 6.45) is 6.44. The lowest BCUT2D eigenvalue weighted by molar-refractivity contribution is 0.112. The number of halogens is 3. The number of hydrogen-bond acceptors (Lipinski definition) is 5. The number of nitrogens with zero attached hydrogens (tertiary/aromatic N) is 3. The smallest absolute Gasteiger partial charge is 0.227 e. The molecule has 2 aliphatic rings. The monoisotopic (exact) mass is 462 g/mol. The van der Waals surface area contributed by atoms with Gasteiger partial charge >= 0.3 is 0 Å². The van der Waals surface area contributed by atoms with Crippen molar-refractivity contribution in [3.05, 3.63) is 100 Å². The molecule has 0 spiro atoms. The predicted molar refractivity (Wildman–Crippen MR) is 124 cm³/mol. The van der Waals surface area contributed by atoms with Gasteiger partial charge in [-0.1, -0.05) is 18.2 Å². The molecule has 8 heteroatoms. The fourth-order valence-electron chi connectivity index (χ4n) is 3.92. The van der Waals surface area contributed by atoms with Crippen molar-refractivity contribution in [2.24, 2.45) is 4.99 Å². The summed E-state index contributed by atoms with van der Waals surface area (Å²) in [7, 11) is 0. The number of benzene rings is 2. The molecule has 2 aromatic carbocycles. The van der Waals surface area contributed by atoms with Gasteiger partial charge in [0.1, 0.15) is 17.9 Å². The highest BCUT2D eigenvalue weighted by atomic mass is 35.5. The molecule has 1 atom stereocenters.